The molecule has 1 aromatic carbocycles. The molecule has 3 rings (SSSR count). The van der Waals surface area contributed by atoms with E-state index < -0.39 is 0 Å². The van der Waals surface area contributed by atoms with Gasteiger partial charge in [0.25, 0.3) is 0 Å². The van der Waals surface area contributed by atoms with Gasteiger partial charge in [0, 0.05) is 25.8 Å². The SMILES string of the molecule is Cn1c(=O)n(C)c2c(NC3CCCC3)cc(N)cc21. The third-order valence-corrected chi connectivity index (χ3v) is 4.10. The highest BCUT2D eigenvalue weighted by atomic mass is 16.1. The van der Waals surface area contributed by atoms with E-state index in [4.69, 9.17) is 5.73 Å². The number of aryl methyl sites for hydroxylation is 2. The van der Waals surface area contributed by atoms with Gasteiger partial charge < -0.3 is 11.1 Å². The van der Waals surface area contributed by atoms with Gasteiger partial charge in [-0.3, -0.25) is 9.13 Å². The fourth-order valence-corrected chi connectivity index (χ4v) is 3.07. The molecule has 5 heteroatoms. The van der Waals surface area contributed by atoms with Crippen LogP contribution in [0.3, 0.4) is 0 Å². The number of hydrogen-bond donors (Lipinski definition) is 2. The Labute approximate surface area is 112 Å². The Morgan fingerprint density at radius 2 is 1.89 bits per heavy atom. The summed E-state index contributed by atoms with van der Waals surface area (Å²) in [5.41, 5.74) is 9.43. The van der Waals surface area contributed by atoms with Crippen molar-refractivity contribution in [2.24, 2.45) is 14.1 Å². The molecule has 0 radical (unpaired) electrons. The number of nitrogen functional groups attached to an aromatic ring is 1. The second-order valence-electron chi connectivity index (χ2n) is 5.46. The van der Waals surface area contributed by atoms with Gasteiger partial charge in [-0.2, -0.15) is 0 Å². The summed E-state index contributed by atoms with van der Waals surface area (Å²) in [7, 11) is 3.59. The summed E-state index contributed by atoms with van der Waals surface area (Å²) >= 11 is 0. The number of nitrogens with zero attached hydrogens (tertiary/aromatic N) is 2. The van der Waals surface area contributed by atoms with Gasteiger partial charge in [-0.05, 0) is 25.0 Å². The van der Waals surface area contributed by atoms with Gasteiger partial charge in [0.15, 0.2) is 0 Å². The Morgan fingerprint density at radius 3 is 2.58 bits per heavy atom. The number of nitrogens with two attached hydrogens (primary N) is 1. The molecule has 0 amide bonds. The van der Waals surface area contributed by atoms with Gasteiger partial charge in [0.2, 0.25) is 0 Å². The predicted molar refractivity (Wildman–Crippen MR) is 78.5 cm³/mol. The molecular weight excluding hydrogens is 240 g/mol. The van der Waals surface area contributed by atoms with Crippen molar-refractivity contribution in [1.29, 1.82) is 0 Å². The lowest BCUT2D eigenvalue weighted by atomic mass is 10.2. The fourth-order valence-electron chi connectivity index (χ4n) is 3.07. The van der Waals surface area contributed by atoms with Crippen molar-refractivity contribution in [3.05, 3.63) is 22.6 Å². The molecular formula is C14H20N4O. The van der Waals surface area contributed by atoms with E-state index in [9.17, 15) is 4.79 Å². The Hall–Kier alpha value is -1.91. The summed E-state index contributed by atoms with van der Waals surface area (Å²) in [6.07, 6.45) is 4.93. The quantitative estimate of drug-likeness (QED) is 0.809. The lowest BCUT2D eigenvalue weighted by Crippen LogP contribution is -2.20. The van der Waals surface area contributed by atoms with E-state index in [-0.39, 0.29) is 5.69 Å². The zero-order valence-electron chi connectivity index (χ0n) is 11.4. The van der Waals surface area contributed by atoms with Gasteiger partial charge in [-0.1, -0.05) is 12.8 Å². The molecule has 0 bridgehead atoms. The molecule has 0 unspecified atom stereocenters. The molecule has 0 atom stereocenters. The van der Waals surface area contributed by atoms with E-state index in [0.29, 0.717) is 11.7 Å². The van der Waals surface area contributed by atoms with Crippen molar-refractivity contribution >= 4 is 22.4 Å². The maximum absolute atomic E-state index is 12.0. The Balaban J connectivity index is 2.17. The standard InChI is InChI=1S/C14H20N4O/c1-17-12-8-9(15)7-11(13(12)18(2)14(17)19)16-10-5-3-4-6-10/h7-8,10,16H,3-6,15H2,1-2H3. The molecule has 1 aromatic heterocycles. The summed E-state index contributed by atoms with van der Waals surface area (Å²) in [6.45, 7) is 0. The third kappa shape index (κ3) is 1.89. The molecule has 102 valence electrons. The number of nitrogens with one attached hydrogen (secondary N) is 1. The molecule has 1 aliphatic rings. The summed E-state index contributed by atoms with van der Waals surface area (Å²) < 4.78 is 3.33. The molecule has 1 fully saturated rings. The highest BCUT2D eigenvalue weighted by Gasteiger charge is 2.18. The molecule has 19 heavy (non-hydrogen) atoms. The average molecular weight is 260 g/mol. The predicted octanol–water partition coefficient (Wildman–Crippen LogP) is 1.81. The zero-order valence-corrected chi connectivity index (χ0v) is 11.4. The van der Waals surface area contributed by atoms with Crippen LogP contribution in [0, 0.1) is 0 Å². The van der Waals surface area contributed by atoms with Gasteiger partial charge >= 0.3 is 5.69 Å². The van der Waals surface area contributed by atoms with Gasteiger partial charge in [-0.25, -0.2) is 4.79 Å². The van der Waals surface area contributed by atoms with Crippen molar-refractivity contribution in [2.45, 2.75) is 31.7 Å². The van der Waals surface area contributed by atoms with Crippen molar-refractivity contribution in [3.8, 4) is 0 Å². The Kier molecular flexibility index (Phi) is 2.77. The van der Waals surface area contributed by atoms with Gasteiger partial charge in [0.05, 0.1) is 16.7 Å². The lowest BCUT2D eigenvalue weighted by Gasteiger charge is -2.15. The van der Waals surface area contributed by atoms with E-state index in [2.05, 4.69) is 5.32 Å². The first-order valence-electron chi connectivity index (χ1n) is 6.79. The van der Waals surface area contributed by atoms with E-state index in [1.807, 2.05) is 12.1 Å². The van der Waals surface area contributed by atoms with E-state index in [0.717, 1.165) is 16.7 Å². The monoisotopic (exact) mass is 260 g/mol. The number of fused-ring (bicyclic) bond motifs is 1. The van der Waals surface area contributed by atoms with E-state index in [1.165, 1.54) is 25.7 Å². The van der Waals surface area contributed by atoms with Gasteiger partial charge in [-0.15, -0.1) is 0 Å². The van der Waals surface area contributed by atoms with Crippen LogP contribution in [-0.2, 0) is 14.1 Å². The number of rotatable bonds is 2. The molecule has 0 spiro atoms. The molecule has 1 aliphatic carbocycles. The number of anilines is 2. The maximum Gasteiger partial charge on any atom is 0.328 e. The van der Waals surface area contributed by atoms with Crippen LogP contribution in [0.4, 0.5) is 11.4 Å². The molecule has 5 nitrogen and oxygen atoms in total. The smallest absolute Gasteiger partial charge is 0.328 e. The largest absolute Gasteiger partial charge is 0.399 e. The van der Waals surface area contributed by atoms with Crippen molar-refractivity contribution in [2.75, 3.05) is 11.1 Å². The summed E-state index contributed by atoms with van der Waals surface area (Å²) in [6, 6.07) is 4.29. The molecule has 0 aliphatic heterocycles. The topological polar surface area (TPSA) is 65.0 Å². The van der Waals surface area contributed by atoms with Gasteiger partial charge in [0.1, 0.15) is 0 Å². The fraction of sp³-hybridized carbons (Fsp3) is 0.500. The first-order valence-corrected chi connectivity index (χ1v) is 6.79. The number of hydrogen-bond acceptors (Lipinski definition) is 3. The van der Waals surface area contributed by atoms with E-state index >= 15 is 0 Å². The summed E-state index contributed by atoms with van der Waals surface area (Å²) in [5.74, 6) is 0. The highest BCUT2D eigenvalue weighted by molar-refractivity contribution is 5.92. The Bertz CT molecular complexity index is 677. The number of benzene rings is 1. The second-order valence-corrected chi connectivity index (χ2v) is 5.46. The highest BCUT2D eigenvalue weighted by Crippen LogP contribution is 2.29. The summed E-state index contributed by atoms with van der Waals surface area (Å²) in [4.78, 5) is 12.0. The van der Waals surface area contributed by atoms with Crippen LogP contribution in [0.1, 0.15) is 25.7 Å². The van der Waals surface area contributed by atoms with Crippen molar-refractivity contribution in [1.82, 2.24) is 9.13 Å². The number of aromatic nitrogens is 2. The maximum atomic E-state index is 12.0. The van der Waals surface area contributed by atoms with Crippen LogP contribution in [-0.4, -0.2) is 15.2 Å². The molecule has 1 saturated carbocycles. The van der Waals surface area contributed by atoms with Crippen LogP contribution in [0.15, 0.2) is 16.9 Å². The van der Waals surface area contributed by atoms with Crippen LogP contribution in [0.25, 0.3) is 11.0 Å². The minimum atomic E-state index is -0.0185. The molecule has 3 N–H and O–H groups in total. The molecule has 1 heterocycles. The lowest BCUT2D eigenvalue weighted by molar-refractivity contribution is 0.754. The minimum Gasteiger partial charge on any atom is -0.399 e. The van der Waals surface area contributed by atoms with Crippen molar-refractivity contribution in [3.63, 3.8) is 0 Å². The normalized spacial score (nSPS) is 16.3. The van der Waals surface area contributed by atoms with Crippen LogP contribution in [0.2, 0.25) is 0 Å². The van der Waals surface area contributed by atoms with Crippen LogP contribution >= 0.6 is 0 Å². The van der Waals surface area contributed by atoms with Crippen molar-refractivity contribution < 1.29 is 0 Å². The third-order valence-electron chi connectivity index (χ3n) is 4.10. The molecule has 2 aromatic rings. The average Bonchev–Trinajstić information content (AvgIpc) is 2.94. The number of imidazole rings is 1. The van der Waals surface area contributed by atoms with Crippen LogP contribution < -0.4 is 16.7 Å². The summed E-state index contributed by atoms with van der Waals surface area (Å²) in [5, 5.41) is 3.55. The first kappa shape index (κ1) is 12.1. The minimum absolute atomic E-state index is 0.0185. The first-order chi connectivity index (χ1) is 9.08. The zero-order chi connectivity index (χ0) is 13.6. The molecule has 0 saturated heterocycles. The van der Waals surface area contributed by atoms with E-state index in [1.54, 1.807) is 23.2 Å². The second kappa shape index (κ2) is 4.33. The Morgan fingerprint density at radius 1 is 1.21 bits per heavy atom. The van der Waals surface area contributed by atoms with Crippen LogP contribution in [0.5, 0.6) is 0 Å².